The van der Waals surface area contributed by atoms with Crippen LogP contribution in [0.2, 0.25) is 0 Å². The lowest BCUT2D eigenvalue weighted by Gasteiger charge is -2.45. The molecule has 2 rings (SSSR count). The van der Waals surface area contributed by atoms with Crippen LogP contribution in [-0.4, -0.2) is 36.4 Å². The van der Waals surface area contributed by atoms with Crippen molar-refractivity contribution in [2.45, 2.75) is 96.9 Å². The predicted octanol–water partition coefficient (Wildman–Crippen LogP) is 4.27. The Balaban J connectivity index is 2.21. The molecule has 0 amide bonds. The van der Waals surface area contributed by atoms with E-state index in [2.05, 4.69) is 20.8 Å². The van der Waals surface area contributed by atoms with Crippen molar-refractivity contribution in [1.82, 2.24) is 0 Å². The highest BCUT2D eigenvalue weighted by atomic mass is 16.6. The van der Waals surface area contributed by atoms with Crippen LogP contribution in [-0.2, 0) is 23.8 Å². The second-order valence-corrected chi connectivity index (χ2v) is 9.23. The molecular formula is C21H36O5. The SMILES string of the molecule is COC(=O)CC1(C(=O)OC2CC(C)CCC2C(C)C)CCCC(C)(C)O1. The third-order valence-corrected chi connectivity index (χ3v) is 6.08. The fourth-order valence-corrected chi connectivity index (χ4v) is 4.57. The summed E-state index contributed by atoms with van der Waals surface area (Å²) >= 11 is 0. The Bertz CT molecular complexity index is 513. The van der Waals surface area contributed by atoms with Crippen molar-refractivity contribution in [3.63, 3.8) is 0 Å². The van der Waals surface area contributed by atoms with Crippen molar-refractivity contribution in [2.75, 3.05) is 7.11 Å². The normalized spacial score (nSPS) is 34.3. The van der Waals surface area contributed by atoms with Gasteiger partial charge in [0.15, 0.2) is 5.60 Å². The molecule has 1 saturated heterocycles. The van der Waals surface area contributed by atoms with E-state index in [1.165, 1.54) is 13.5 Å². The number of ether oxygens (including phenoxy) is 3. The minimum Gasteiger partial charge on any atom is -0.469 e. The highest BCUT2D eigenvalue weighted by molar-refractivity contribution is 5.86. The lowest BCUT2D eigenvalue weighted by molar-refractivity contribution is -0.219. The van der Waals surface area contributed by atoms with E-state index in [9.17, 15) is 9.59 Å². The van der Waals surface area contributed by atoms with Crippen molar-refractivity contribution in [3.05, 3.63) is 0 Å². The second kappa shape index (κ2) is 8.28. The van der Waals surface area contributed by atoms with E-state index >= 15 is 0 Å². The first kappa shape index (κ1) is 21.2. The van der Waals surface area contributed by atoms with Gasteiger partial charge in [-0.25, -0.2) is 4.79 Å². The zero-order valence-corrected chi connectivity index (χ0v) is 17.3. The molecule has 1 aliphatic heterocycles. The predicted molar refractivity (Wildman–Crippen MR) is 99.6 cm³/mol. The largest absolute Gasteiger partial charge is 0.469 e. The second-order valence-electron chi connectivity index (χ2n) is 9.23. The lowest BCUT2D eigenvalue weighted by Crippen LogP contribution is -2.54. The Hall–Kier alpha value is -1.10. The molecule has 1 heterocycles. The molecule has 5 nitrogen and oxygen atoms in total. The van der Waals surface area contributed by atoms with E-state index in [1.54, 1.807) is 0 Å². The van der Waals surface area contributed by atoms with E-state index in [0.717, 1.165) is 25.7 Å². The molecule has 0 spiro atoms. The van der Waals surface area contributed by atoms with Crippen LogP contribution in [0.5, 0.6) is 0 Å². The van der Waals surface area contributed by atoms with Gasteiger partial charge in [-0.2, -0.15) is 0 Å². The quantitative estimate of drug-likeness (QED) is 0.678. The van der Waals surface area contributed by atoms with Gasteiger partial charge in [0.25, 0.3) is 0 Å². The number of carbonyl (C=O) groups is 2. The Morgan fingerprint density at radius 3 is 2.46 bits per heavy atom. The molecule has 1 saturated carbocycles. The lowest BCUT2D eigenvalue weighted by atomic mass is 9.75. The van der Waals surface area contributed by atoms with Crippen molar-refractivity contribution in [3.8, 4) is 0 Å². The van der Waals surface area contributed by atoms with E-state index in [-0.39, 0.29) is 18.5 Å². The van der Waals surface area contributed by atoms with Gasteiger partial charge in [0, 0.05) is 0 Å². The first-order chi connectivity index (χ1) is 12.1. The van der Waals surface area contributed by atoms with Gasteiger partial charge in [-0.1, -0.05) is 27.2 Å². The van der Waals surface area contributed by atoms with Crippen LogP contribution in [0.3, 0.4) is 0 Å². The number of methoxy groups -OCH3 is 1. The molecule has 4 unspecified atom stereocenters. The Morgan fingerprint density at radius 2 is 1.88 bits per heavy atom. The summed E-state index contributed by atoms with van der Waals surface area (Å²) in [5, 5.41) is 0. The molecule has 5 heteroatoms. The molecule has 0 aromatic rings. The van der Waals surface area contributed by atoms with E-state index in [1.807, 2.05) is 13.8 Å². The highest BCUT2D eigenvalue weighted by Gasteiger charge is 2.51. The maximum Gasteiger partial charge on any atom is 0.339 e. The average Bonchev–Trinajstić information content (AvgIpc) is 2.53. The van der Waals surface area contributed by atoms with Crippen LogP contribution < -0.4 is 0 Å². The van der Waals surface area contributed by atoms with E-state index < -0.39 is 17.2 Å². The smallest absolute Gasteiger partial charge is 0.339 e. The van der Waals surface area contributed by atoms with Gasteiger partial charge >= 0.3 is 11.9 Å². The fraction of sp³-hybridized carbons (Fsp3) is 0.905. The summed E-state index contributed by atoms with van der Waals surface area (Å²) in [4.78, 5) is 25.3. The Labute approximate surface area is 158 Å². The van der Waals surface area contributed by atoms with Crippen molar-refractivity contribution in [1.29, 1.82) is 0 Å². The molecule has 0 aromatic carbocycles. The zero-order valence-electron chi connectivity index (χ0n) is 17.3. The Kier molecular flexibility index (Phi) is 6.75. The highest BCUT2D eigenvalue weighted by Crippen LogP contribution is 2.41. The summed E-state index contributed by atoms with van der Waals surface area (Å²) in [5.74, 6) is 0.545. The number of rotatable bonds is 5. The van der Waals surface area contributed by atoms with Gasteiger partial charge in [-0.3, -0.25) is 4.79 Å². The Morgan fingerprint density at radius 1 is 1.19 bits per heavy atom. The van der Waals surface area contributed by atoms with Crippen LogP contribution in [0.4, 0.5) is 0 Å². The molecule has 0 aromatic heterocycles. The van der Waals surface area contributed by atoms with Crippen LogP contribution in [0, 0.1) is 17.8 Å². The maximum absolute atomic E-state index is 13.2. The number of esters is 2. The molecule has 4 atom stereocenters. The van der Waals surface area contributed by atoms with Crippen molar-refractivity contribution >= 4 is 11.9 Å². The zero-order chi connectivity index (χ0) is 19.5. The van der Waals surface area contributed by atoms with Crippen LogP contribution >= 0.6 is 0 Å². The molecule has 0 radical (unpaired) electrons. The minimum absolute atomic E-state index is 0.0830. The van der Waals surface area contributed by atoms with Gasteiger partial charge in [-0.15, -0.1) is 0 Å². The third-order valence-electron chi connectivity index (χ3n) is 6.08. The summed E-state index contributed by atoms with van der Waals surface area (Å²) in [6.45, 7) is 10.5. The summed E-state index contributed by atoms with van der Waals surface area (Å²) in [6.07, 6.45) is 5.13. The van der Waals surface area contributed by atoms with Gasteiger partial charge < -0.3 is 14.2 Å². The standard InChI is InChI=1S/C21H36O5/c1-14(2)16-9-8-15(3)12-17(16)25-19(23)21(13-18(22)24-6)11-7-10-20(4,5)26-21/h14-17H,7-13H2,1-6H3. The molecule has 2 aliphatic rings. The van der Waals surface area contributed by atoms with Gasteiger partial charge in [0.2, 0.25) is 0 Å². The molecule has 1 aliphatic carbocycles. The molecule has 0 bridgehead atoms. The van der Waals surface area contributed by atoms with Gasteiger partial charge in [-0.05, 0) is 63.7 Å². The number of hydrogen-bond donors (Lipinski definition) is 0. The van der Waals surface area contributed by atoms with Crippen LogP contribution in [0.1, 0.15) is 79.6 Å². The molecule has 26 heavy (non-hydrogen) atoms. The molecule has 0 N–H and O–H groups in total. The molecule has 150 valence electrons. The monoisotopic (exact) mass is 368 g/mol. The average molecular weight is 369 g/mol. The molecular weight excluding hydrogens is 332 g/mol. The summed E-state index contributed by atoms with van der Waals surface area (Å²) in [6, 6.07) is 0. The number of carbonyl (C=O) groups excluding carboxylic acids is 2. The third kappa shape index (κ3) is 4.99. The topological polar surface area (TPSA) is 61.8 Å². The number of hydrogen-bond acceptors (Lipinski definition) is 5. The summed E-state index contributed by atoms with van der Waals surface area (Å²) in [5.41, 5.74) is -1.68. The van der Waals surface area contributed by atoms with Crippen molar-refractivity contribution < 1.29 is 23.8 Å². The first-order valence-corrected chi connectivity index (χ1v) is 10.1. The van der Waals surface area contributed by atoms with E-state index in [4.69, 9.17) is 14.2 Å². The first-order valence-electron chi connectivity index (χ1n) is 10.1. The van der Waals surface area contributed by atoms with Gasteiger partial charge in [0.1, 0.15) is 6.10 Å². The van der Waals surface area contributed by atoms with Crippen molar-refractivity contribution in [2.24, 2.45) is 17.8 Å². The van der Waals surface area contributed by atoms with E-state index in [0.29, 0.717) is 24.2 Å². The maximum atomic E-state index is 13.2. The molecule has 2 fully saturated rings. The minimum atomic E-state index is -1.23. The summed E-state index contributed by atoms with van der Waals surface area (Å²) < 4.78 is 17.1. The van der Waals surface area contributed by atoms with Crippen LogP contribution in [0.15, 0.2) is 0 Å². The van der Waals surface area contributed by atoms with Crippen LogP contribution in [0.25, 0.3) is 0 Å². The fourth-order valence-electron chi connectivity index (χ4n) is 4.57. The summed E-state index contributed by atoms with van der Waals surface area (Å²) in [7, 11) is 1.34. The van der Waals surface area contributed by atoms with Gasteiger partial charge in [0.05, 0.1) is 19.1 Å².